The Morgan fingerprint density at radius 2 is 1.94 bits per heavy atom. The van der Waals surface area contributed by atoms with Crippen molar-refractivity contribution >= 4 is 29.5 Å². The van der Waals surface area contributed by atoms with Gasteiger partial charge in [0.05, 0.1) is 0 Å². The van der Waals surface area contributed by atoms with Crippen LogP contribution in [0, 0.1) is 0 Å². The molecule has 0 bridgehead atoms. The minimum Gasteiger partial charge on any atom is -0.423 e. The number of hydrogen-bond acceptors (Lipinski definition) is 4. The number of benzene rings is 1. The normalized spacial score (nSPS) is 17.1. The molecule has 2 heterocycles. The molecule has 1 saturated heterocycles. The molecular formula is C12H16ClN3O. The van der Waals surface area contributed by atoms with Gasteiger partial charge in [-0.25, -0.2) is 0 Å². The number of nitrogens with zero attached hydrogens (tertiary/aromatic N) is 2. The topological polar surface area (TPSA) is 55.3 Å². The minimum atomic E-state index is 0. The second-order valence-corrected chi connectivity index (χ2v) is 4.29. The molecule has 1 fully saturated rings. The Kier molecular flexibility index (Phi) is 3.54. The van der Waals surface area contributed by atoms with E-state index in [-0.39, 0.29) is 12.4 Å². The van der Waals surface area contributed by atoms with Crippen molar-refractivity contribution in [2.75, 3.05) is 18.0 Å². The van der Waals surface area contributed by atoms with Gasteiger partial charge in [0.2, 0.25) is 0 Å². The van der Waals surface area contributed by atoms with E-state index in [1.165, 1.54) is 0 Å². The van der Waals surface area contributed by atoms with Gasteiger partial charge in [-0.1, -0.05) is 12.1 Å². The number of para-hydroxylation sites is 2. The molecule has 17 heavy (non-hydrogen) atoms. The fourth-order valence-corrected chi connectivity index (χ4v) is 2.09. The van der Waals surface area contributed by atoms with Gasteiger partial charge in [-0.05, 0) is 25.0 Å². The zero-order chi connectivity index (χ0) is 11.0. The van der Waals surface area contributed by atoms with Crippen molar-refractivity contribution in [3.8, 4) is 0 Å². The predicted molar refractivity (Wildman–Crippen MR) is 70.7 cm³/mol. The summed E-state index contributed by atoms with van der Waals surface area (Å²) >= 11 is 0. The van der Waals surface area contributed by atoms with Crippen LogP contribution in [0.15, 0.2) is 28.7 Å². The first kappa shape index (κ1) is 12.2. The van der Waals surface area contributed by atoms with Gasteiger partial charge in [0.15, 0.2) is 5.58 Å². The number of fused-ring (bicyclic) bond motifs is 1. The van der Waals surface area contributed by atoms with Crippen molar-refractivity contribution < 1.29 is 4.42 Å². The molecule has 0 radical (unpaired) electrons. The van der Waals surface area contributed by atoms with E-state index in [2.05, 4.69) is 9.88 Å². The van der Waals surface area contributed by atoms with Crippen molar-refractivity contribution in [3.63, 3.8) is 0 Å². The van der Waals surface area contributed by atoms with Crippen LogP contribution in [0.5, 0.6) is 0 Å². The number of hydrogen-bond donors (Lipinski definition) is 1. The van der Waals surface area contributed by atoms with Gasteiger partial charge in [0, 0.05) is 19.1 Å². The second-order valence-electron chi connectivity index (χ2n) is 4.29. The van der Waals surface area contributed by atoms with Gasteiger partial charge < -0.3 is 15.1 Å². The number of nitrogens with two attached hydrogens (primary N) is 1. The standard InChI is InChI=1S/C12H15N3O.ClH/c13-9-5-7-15(8-6-9)12-14-10-3-1-2-4-11(10)16-12;/h1-4,9H,5-8,13H2;1H. The van der Waals surface area contributed by atoms with Crippen molar-refractivity contribution in [2.45, 2.75) is 18.9 Å². The molecular weight excluding hydrogens is 238 g/mol. The van der Waals surface area contributed by atoms with Crippen molar-refractivity contribution in [1.29, 1.82) is 0 Å². The summed E-state index contributed by atoms with van der Waals surface area (Å²) in [5.74, 6) is 0. The maximum Gasteiger partial charge on any atom is 0.298 e. The van der Waals surface area contributed by atoms with Crippen LogP contribution in [-0.2, 0) is 0 Å². The van der Waals surface area contributed by atoms with Crippen LogP contribution in [0.25, 0.3) is 11.1 Å². The summed E-state index contributed by atoms with van der Waals surface area (Å²) in [6.07, 6.45) is 2.03. The average Bonchev–Trinajstić information content (AvgIpc) is 2.73. The van der Waals surface area contributed by atoms with E-state index in [4.69, 9.17) is 10.2 Å². The van der Waals surface area contributed by atoms with Crippen LogP contribution >= 0.6 is 12.4 Å². The van der Waals surface area contributed by atoms with Gasteiger partial charge in [0.1, 0.15) is 5.52 Å². The maximum atomic E-state index is 5.87. The highest BCUT2D eigenvalue weighted by Crippen LogP contribution is 2.23. The van der Waals surface area contributed by atoms with Crippen LogP contribution < -0.4 is 10.6 Å². The van der Waals surface area contributed by atoms with Gasteiger partial charge in [-0.3, -0.25) is 0 Å². The Bertz CT molecular complexity index is 458. The van der Waals surface area contributed by atoms with Crippen LogP contribution in [0.3, 0.4) is 0 Å². The zero-order valence-electron chi connectivity index (χ0n) is 9.50. The summed E-state index contributed by atoms with van der Waals surface area (Å²) in [6.45, 7) is 1.88. The molecule has 1 aliphatic rings. The highest BCUT2D eigenvalue weighted by atomic mass is 35.5. The Labute approximate surface area is 106 Å². The summed E-state index contributed by atoms with van der Waals surface area (Å²) in [4.78, 5) is 6.65. The largest absolute Gasteiger partial charge is 0.423 e. The third-order valence-electron chi connectivity index (χ3n) is 3.09. The SMILES string of the molecule is Cl.NC1CCN(c2nc3ccccc3o2)CC1. The highest BCUT2D eigenvalue weighted by Gasteiger charge is 2.20. The first-order valence-corrected chi connectivity index (χ1v) is 5.69. The number of halogens is 1. The van der Waals surface area contributed by atoms with E-state index >= 15 is 0 Å². The zero-order valence-corrected chi connectivity index (χ0v) is 10.3. The Morgan fingerprint density at radius 3 is 2.65 bits per heavy atom. The second kappa shape index (κ2) is 4.94. The molecule has 4 nitrogen and oxygen atoms in total. The predicted octanol–water partition coefficient (Wildman–Crippen LogP) is 2.18. The molecule has 1 aliphatic heterocycles. The lowest BCUT2D eigenvalue weighted by Gasteiger charge is -2.28. The molecule has 1 aromatic heterocycles. The monoisotopic (exact) mass is 253 g/mol. The molecule has 92 valence electrons. The van der Waals surface area contributed by atoms with Crippen LogP contribution in [-0.4, -0.2) is 24.1 Å². The van der Waals surface area contributed by atoms with E-state index in [0.29, 0.717) is 6.04 Å². The smallest absolute Gasteiger partial charge is 0.298 e. The third-order valence-corrected chi connectivity index (χ3v) is 3.09. The molecule has 2 N–H and O–H groups in total. The van der Waals surface area contributed by atoms with Crippen molar-refractivity contribution in [1.82, 2.24) is 4.98 Å². The van der Waals surface area contributed by atoms with Gasteiger partial charge >= 0.3 is 0 Å². The lowest BCUT2D eigenvalue weighted by atomic mass is 10.1. The van der Waals surface area contributed by atoms with Gasteiger partial charge in [0.25, 0.3) is 6.01 Å². The molecule has 0 unspecified atom stereocenters. The average molecular weight is 254 g/mol. The number of oxazole rings is 1. The maximum absolute atomic E-state index is 5.87. The number of aromatic nitrogens is 1. The van der Waals surface area contributed by atoms with Crippen LogP contribution in [0.4, 0.5) is 6.01 Å². The van der Waals surface area contributed by atoms with Crippen LogP contribution in [0.2, 0.25) is 0 Å². The van der Waals surface area contributed by atoms with Gasteiger partial charge in [-0.15, -0.1) is 12.4 Å². The molecule has 5 heteroatoms. The number of rotatable bonds is 1. The molecule has 0 spiro atoms. The highest BCUT2D eigenvalue weighted by molar-refractivity contribution is 5.85. The Hall–Kier alpha value is -1.26. The van der Waals surface area contributed by atoms with E-state index < -0.39 is 0 Å². The minimum absolute atomic E-state index is 0. The van der Waals surface area contributed by atoms with E-state index in [0.717, 1.165) is 43.0 Å². The third kappa shape index (κ3) is 2.37. The first-order valence-electron chi connectivity index (χ1n) is 5.69. The lowest BCUT2D eigenvalue weighted by Crippen LogP contribution is -2.39. The van der Waals surface area contributed by atoms with E-state index in [9.17, 15) is 0 Å². The van der Waals surface area contributed by atoms with Crippen molar-refractivity contribution in [2.24, 2.45) is 5.73 Å². The fourth-order valence-electron chi connectivity index (χ4n) is 2.09. The van der Waals surface area contributed by atoms with Gasteiger partial charge in [-0.2, -0.15) is 4.98 Å². The summed E-state index contributed by atoms with van der Waals surface area (Å²) in [7, 11) is 0. The molecule has 0 atom stereocenters. The summed E-state index contributed by atoms with van der Waals surface area (Å²) in [6, 6.07) is 8.91. The molecule has 1 aromatic carbocycles. The number of piperidine rings is 1. The van der Waals surface area contributed by atoms with Crippen LogP contribution in [0.1, 0.15) is 12.8 Å². The summed E-state index contributed by atoms with van der Waals surface area (Å²) in [5.41, 5.74) is 7.65. The quantitative estimate of drug-likeness (QED) is 0.846. The molecule has 2 aromatic rings. The Morgan fingerprint density at radius 1 is 1.24 bits per heavy atom. The fraction of sp³-hybridized carbons (Fsp3) is 0.417. The molecule has 3 rings (SSSR count). The van der Waals surface area contributed by atoms with E-state index in [1.807, 2.05) is 24.3 Å². The summed E-state index contributed by atoms with van der Waals surface area (Å²) < 4.78 is 5.72. The van der Waals surface area contributed by atoms with Crippen molar-refractivity contribution in [3.05, 3.63) is 24.3 Å². The molecule has 0 amide bonds. The molecule has 0 aliphatic carbocycles. The first-order chi connectivity index (χ1) is 7.83. The number of anilines is 1. The Balaban J connectivity index is 0.00000108. The molecule has 0 saturated carbocycles. The lowest BCUT2D eigenvalue weighted by molar-refractivity contribution is 0.466. The van der Waals surface area contributed by atoms with E-state index in [1.54, 1.807) is 0 Å². The summed E-state index contributed by atoms with van der Waals surface area (Å²) in [5, 5.41) is 0.